The second-order valence-corrected chi connectivity index (χ2v) is 4.03. The minimum Gasteiger partial charge on any atom is -0.466 e. The van der Waals surface area contributed by atoms with Crippen LogP contribution in [0.2, 0.25) is 0 Å². The third kappa shape index (κ3) is 2.85. The van der Waals surface area contributed by atoms with Crippen molar-refractivity contribution in [3.05, 3.63) is 34.3 Å². The van der Waals surface area contributed by atoms with Gasteiger partial charge in [0.1, 0.15) is 0 Å². The van der Waals surface area contributed by atoms with Crippen molar-refractivity contribution in [1.82, 2.24) is 4.57 Å². The molecule has 0 saturated heterocycles. The average molecular weight is 265 g/mol. The van der Waals surface area contributed by atoms with Crippen LogP contribution in [0.4, 0.5) is 0 Å². The quantitative estimate of drug-likeness (QED) is 0.817. The van der Waals surface area contributed by atoms with E-state index in [4.69, 9.17) is 14.3 Å². The Morgan fingerprint density at radius 1 is 1.47 bits per heavy atom. The number of benzene rings is 1. The lowest BCUT2D eigenvalue weighted by atomic mass is 10.2. The van der Waals surface area contributed by atoms with Crippen molar-refractivity contribution in [2.45, 2.75) is 26.5 Å². The standard InChI is InChI=1S/C13H15NO5/c1-2-18-12(16)5-6-14-10-4-3-9(8-15)7-11(10)19-13(14)17/h3-4,7,15H,2,5-6,8H2,1H3. The van der Waals surface area contributed by atoms with Gasteiger partial charge in [-0.2, -0.15) is 0 Å². The summed E-state index contributed by atoms with van der Waals surface area (Å²) in [4.78, 5) is 23.0. The molecule has 0 amide bonds. The third-order valence-corrected chi connectivity index (χ3v) is 2.76. The van der Waals surface area contributed by atoms with Crippen LogP contribution < -0.4 is 5.76 Å². The molecule has 6 nitrogen and oxygen atoms in total. The van der Waals surface area contributed by atoms with Gasteiger partial charge in [0.15, 0.2) is 5.58 Å². The van der Waals surface area contributed by atoms with E-state index in [0.29, 0.717) is 23.3 Å². The highest BCUT2D eigenvalue weighted by Gasteiger charge is 2.11. The largest absolute Gasteiger partial charge is 0.466 e. The topological polar surface area (TPSA) is 81.7 Å². The first-order valence-corrected chi connectivity index (χ1v) is 6.04. The van der Waals surface area contributed by atoms with Gasteiger partial charge in [0.2, 0.25) is 0 Å². The van der Waals surface area contributed by atoms with Crippen LogP contribution in [-0.2, 0) is 22.7 Å². The molecular weight excluding hydrogens is 250 g/mol. The van der Waals surface area contributed by atoms with Crippen molar-refractivity contribution in [3.63, 3.8) is 0 Å². The van der Waals surface area contributed by atoms with Crippen molar-refractivity contribution in [2.75, 3.05) is 6.61 Å². The van der Waals surface area contributed by atoms with Crippen LogP contribution in [0, 0.1) is 0 Å². The van der Waals surface area contributed by atoms with Crippen LogP contribution in [0.25, 0.3) is 11.1 Å². The van der Waals surface area contributed by atoms with Gasteiger partial charge >= 0.3 is 11.7 Å². The van der Waals surface area contributed by atoms with Crippen LogP contribution in [0.3, 0.4) is 0 Å². The summed E-state index contributed by atoms with van der Waals surface area (Å²) in [5.41, 5.74) is 1.67. The fraction of sp³-hybridized carbons (Fsp3) is 0.385. The molecule has 0 bridgehead atoms. The lowest BCUT2D eigenvalue weighted by Crippen LogP contribution is -2.17. The maximum atomic E-state index is 11.7. The number of aliphatic hydroxyl groups excluding tert-OH is 1. The number of hydrogen-bond acceptors (Lipinski definition) is 5. The molecule has 1 aromatic carbocycles. The van der Waals surface area contributed by atoms with Crippen molar-refractivity contribution in [3.8, 4) is 0 Å². The molecule has 2 rings (SSSR count). The zero-order valence-electron chi connectivity index (χ0n) is 10.6. The molecule has 0 aliphatic carbocycles. The van der Waals surface area contributed by atoms with Crippen LogP contribution >= 0.6 is 0 Å². The molecule has 0 saturated carbocycles. The molecule has 0 aliphatic rings. The molecule has 2 aromatic rings. The van der Waals surface area contributed by atoms with E-state index in [9.17, 15) is 9.59 Å². The number of carbonyl (C=O) groups excluding carboxylic acids is 1. The zero-order chi connectivity index (χ0) is 13.8. The second-order valence-electron chi connectivity index (χ2n) is 4.03. The Balaban J connectivity index is 2.25. The highest BCUT2D eigenvalue weighted by molar-refractivity contribution is 5.74. The Morgan fingerprint density at radius 2 is 2.26 bits per heavy atom. The molecule has 6 heteroatoms. The lowest BCUT2D eigenvalue weighted by Gasteiger charge is -2.03. The Labute approximate surface area is 109 Å². The number of aryl methyl sites for hydroxylation is 1. The molecule has 102 valence electrons. The highest BCUT2D eigenvalue weighted by Crippen LogP contribution is 2.15. The van der Waals surface area contributed by atoms with Crippen LogP contribution in [0.5, 0.6) is 0 Å². The maximum Gasteiger partial charge on any atom is 0.419 e. The molecular formula is C13H15NO5. The van der Waals surface area contributed by atoms with Gasteiger partial charge < -0.3 is 14.3 Å². The predicted molar refractivity (Wildman–Crippen MR) is 67.6 cm³/mol. The maximum absolute atomic E-state index is 11.7. The molecule has 0 unspecified atom stereocenters. The molecule has 1 aromatic heterocycles. The van der Waals surface area contributed by atoms with Gasteiger partial charge in [-0.05, 0) is 24.6 Å². The van der Waals surface area contributed by atoms with Gasteiger partial charge in [-0.25, -0.2) is 4.79 Å². The molecule has 0 spiro atoms. The van der Waals surface area contributed by atoms with Crippen molar-refractivity contribution in [2.24, 2.45) is 0 Å². The fourth-order valence-corrected chi connectivity index (χ4v) is 1.86. The lowest BCUT2D eigenvalue weighted by molar-refractivity contribution is -0.143. The summed E-state index contributed by atoms with van der Waals surface area (Å²) >= 11 is 0. The highest BCUT2D eigenvalue weighted by atomic mass is 16.5. The number of aromatic nitrogens is 1. The minimum atomic E-state index is -0.519. The van der Waals surface area contributed by atoms with E-state index in [1.807, 2.05) is 0 Å². The summed E-state index contributed by atoms with van der Waals surface area (Å²) in [7, 11) is 0. The SMILES string of the molecule is CCOC(=O)CCn1c(=O)oc2cc(CO)ccc21. The summed E-state index contributed by atoms with van der Waals surface area (Å²) in [5, 5.41) is 9.02. The van der Waals surface area contributed by atoms with E-state index < -0.39 is 5.76 Å². The first-order valence-electron chi connectivity index (χ1n) is 6.04. The van der Waals surface area contributed by atoms with Gasteiger partial charge in [0, 0.05) is 6.54 Å². The van der Waals surface area contributed by atoms with Gasteiger partial charge in [0.25, 0.3) is 0 Å². The number of nitrogens with zero attached hydrogens (tertiary/aromatic N) is 1. The summed E-state index contributed by atoms with van der Waals surface area (Å²) in [5.74, 6) is -0.870. The number of carbonyl (C=O) groups is 1. The second kappa shape index (κ2) is 5.71. The molecule has 0 radical (unpaired) electrons. The number of rotatable bonds is 5. The van der Waals surface area contributed by atoms with Crippen LogP contribution in [0.1, 0.15) is 18.9 Å². The average Bonchev–Trinajstić information content (AvgIpc) is 2.71. The number of aliphatic hydroxyl groups is 1. The third-order valence-electron chi connectivity index (χ3n) is 2.76. The Kier molecular flexibility index (Phi) is 4.01. The van der Waals surface area contributed by atoms with Gasteiger partial charge in [0.05, 0.1) is 25.2 Å². The smallest absolute Gasteiger partial charge is 0.419 e. The first kappa shape index (κ1) is 13.4. The number of esters is 1. The number of oxazole rings is 1. The Morgan fingerprint density at radius 3 is 2.95 bits per heavy atom. The van der Waals surface area contributed by atoms with E-state index in [1.165, 1.54) is 4.57 Å². The fourth-order valence-electron chi connectivity index (χ4n) is 1.86. The van der Waals surface area contributed by atoms with Crippen molar-refractivity contribution >= 4 is 17.1 Å². The van der Waals surface area contributed by atoms with Crippen LogP contribution in [0.15, 0.2) is 27.4 Å². The van der Waals surface area contributed by atoms with E-state index >= 15 is 0 Å². The minimum absolute atomic E-state index is 0.115. The normalized spacial score (nSPS) is 10.8. The summed E-state index contributed by atoms with van der Waals surface area (Å²) in [6, 6.07) is 5.01. The van der Waals surface area contributed by atoms with E-state index in [0.717, 1.165) is 0 Å². The molecule has 0 atom stereocenters. The Bertz CT molecular complexity index is 640. The first-order chi connectivity index (χ1) is 9.15. The number of hydrogen-bond donors (Lipinski definition) is 1. The van der Waals surface area contributed by atoms with Gasteiger partial charge in [-0.1, -0.05) is 6.07 Å². The summed E-state index contributed by atoms with van der Waals surface area (Å²) < 4.78 is 11.3. The van der Waals surface area contributed by atoms with Crippen molar-refractivity contribution < 1.29 is 19.1 Å². The predicted octanol–water partition coefficient (Wildman–Crippen LogP) is 1.04. The van der Waals surface area contributed by atoms with E-state index in [-0.39, 0.29) is 25.5 Å². The molecule has 0 aliphatic heterocycles. The Hall–Kier alpha value is -2.08. The molecule has 19 heavy (non-hydrogen) atoms. The van der Waals surface area contributed by atoms with E-state index in [1.54, 1.807) is 25.1 Å². The summed E-state index contributed by atoms with van der Waals surface area (Å²) in [6.45, 7) is 2.14. The van der Waals surface area contributed by atoms with Gasteiger partial charge in [-0.15, -0.1) is 0 Å². The monoisotopic (exact) mass is 265 g/mol. The van der Waals surface area contributed by atoms with E-state index in [2.05, 4.69) is 0 Å². The van der Waals surface area contributed by atoms with Crippen LogP contribution in [-0.4, -0.2) is 22.2 Å². The number of ether oxygens (including phenoxy) is 1. The molecule has 1 heterocycles. The van der Waals surface area contributed by atoms with Crippen molar-refractivity contribution in [1.29, 1.82) is 0 Å². The van der Waals surface area contributed by atoms with Gasteiger partial charge in [-0.3, -0.25) is 9.36 Å². The number of fused-ring (bicyclic) bond motifs is 1. The summed E-state index contributed by atoms with van der Waals surface area (Å²) in [6.07, 6.45) is 0.115. The molecule has 0 fully saturated rings. The zero-order valence-corrected chi connectivity index (χ0v) is 10.6. The molecule has 1 N–H and O–H groups in total.